The van der Waals surface area contributed by atoms with Crippen LogP contribution in [0.15, 0.2) is 48.5 Å². The summed E-state index contributed by atoms with van der Waals surface area (Å²) in [4.78, 5) is 13.8. The van der Waals surface area contributed by atoms with E-state index in [1.54, 1.807) is 41.3 Å². The molecule has 22 heavy (non-hydrogen) atoms. The minimum atomic E-state index is -0.427. The van der Waals surface area contributed by atoms with E-state index in [0.717, 1.165) is 0 Å². The quantitative estimate of drug-likeness (QED) is 0.800. The third-order valence-corrected chi connectivity index (χ3v) is 4.03. The van der Waals surface area contributed by atoms with E-state index < -0.39 is 6.09 Å². The average Bonchev–Trinajstić information content (AvgIpc) is 2.85. The predicted octanol–water partition coefficient (Wildman–Crippen LogP) is 4.96. The summed E-state index contributed by atoms with van der Waals surface area (Å²) in [6.45, 7) is 1.94. The van der Waals surface area contributed by atoms with E-state index in [1.165, 1.54) is 12.1 Å². The molecule has 1 aliphatic heterocycles. The van der Waals surface area contributed by atoms with Gasteiger partial charge in [0, 0.05) is 10.7 Å². The van der Waals surface area contributed by atoms with Gasteiger partial charge in [-0.15, -0.1) is 0 Å². The van der Waals surface area contributed by atoms with Gasteiger partial charge in [-0.2, -0.15) is 0 Å². The third-order valence-electron chi connectivity index (χ3n) is 3.78. The summed E-state index contributed by atoms with van der Waals surface area (Å²) in [6, 6.07) is 12.9. The van der Waals surface area contributed by atoms with E-state index in [-0.39, 0.29) is 18.0 Å². The molecule has 0 N–H and O–H groups in total. The van der Waals surface area contributed by atoms with Crippen LogP contribution in [0.1, 0.15) is 24.9 Å². The number of ether oxygens (including phenoxy) is 1. The van der Waals surface area contributed by atoms with Gasteiger partial charge in [0.1, 0.15) is 18.0 Å². The van der Waals surface area contributed by atoms with Crippen molar-refractivity contribution in [2.75, 3.05) is 4.90 Å². The van der Waals surface area contributed by atoms with Crippen LogP contribution < -0.4 is 4.90 Å². The van der Waals surface area contributed by atoms with Gasteiger partial charge in [-0.25, -0.2) is 9.18 Å². The topological polar surface area (TPSA) is 29.5 Å². The van der Waals surface area contributed by atoms with Gasteiger partial charge in [0.2, 0.25) is 0 Å². The van der Waals surface area contributed by atoms with Crippen molar-refractivity contribution in [2.24, 2.45) is 0 Å². The summed E-state index contributed by atoms with van der Waals surface area (Å²) < 4.78 is 19.0. The average molecular weight is 320 g/mol. The van der Waals surface area contributed by atoms with E-state index in [4.69, 9.17) is 16.3 Å². The molecule has 114 valence electrons. The van der Waals surface area contributed by atoms with Crippen molar-refractivity contribution >= 4 is 23.4 Å². The Bertz CT molecular complexity index is 689. The highest BCUT2D eigenvalue weighted by atomic mass is 35.5. The molecule has 1 saturated heterocycles. The second kappa shape index (κ2) is 5.97. The van der Waals surface area contributed by atoms with Crippen LogP contribution in [0.5, 0.6) is 0 Å². The molecule has 3 nitrogen and oxygen atoms in total. The molecule has 1 aliphatic rings. The molecule has 2 atom stereocenters. The minimum absolute atomic E-state index is 0.315. The number of cyclic esters (lactones) is 1. The van der Waals surface area contributed by atoms with Crippen molar-refractivity contribution < 1.29 is 13.9 Å². The number of amides is 1. The third kappa shape index (κ3) is 2.66. The predicted molar refractivity (Wildman–Crippen MR) is 83.6 cm³/mol. The Morgan fingerprint density at radius 3 is 2.59 bits per heavy atom. The van der Waals surface area contributed by atoms with Crippen LogP contribution in [0.2, 0.25) is 5.02 Å². The zero-order valence-corrected chi connectivity index (χ0v) is 12.8. The second-order valence-corrected chi connectivity index (χ2v) is 5.61. The number of anilines is 1. The first-order chi connectivity index (χ1) is 10.6. The Labute approximate surface area is 133 Å². The van der Waals surface area contributed by atoms with Gasteiger partial charge in [-0.1, -0.05) is 30.7 Å². The second-order valence-electron chi connectivity index (χ2n) is 5.18. The zero-order chi connectivity index (χ0) is 15.7. The van der Waals surface area contributed by atoms with Crippen LogP contribution in [0, 0.1) is 5.82 Å². The maximum atomic E-state index is 13.6. The molecule has 3 rings (SSSR count). The molecule has 0 aliphatic carbocycles. The largest absolute Gasteiger partial charge is 0.443 e. The summed E-state index contributed by atoms with van der Waals surface area (Å²) in [5, 5.41) is 0.589. The van der Waals surface area contributed by atoms with E-state index in [0.29, 0.717) is 22.7 Å². The summed E-state index contributed by atoms with van der Waals surface area (Å²) in [6.07, 6.45) is -0.0924. The summed E-state index contributed by atoms with van der Waals surface area (Å²) in [5.41, 5.74) is 1.40. The Hall–Kier alpha value is -2.07. The molecule has 1 amide bonds. The number of nitrogens with zero attached hydrogens (tertiary/aromatic N) is 1. The Kier molecular flexibility index (Phi) is 4.03. The lowest BCUT2D eigenvalue weighted by molar-refractivity contribution is 0.129. The lowest BCUT2D eigenvalue weighted by atomic mass is 9.98. The van der Waals surface area contributed by atoms with Crippen molar-refractivity contribution in [3.63, 3.8) is 0 Å². The highest BCUT2D eigenvalue weighted by Crippen LogP contribution is 2.39. The number of rotatable bonds is 3. The Morgan fingerprint density at radius 1 is 1.23 bits per heavy atom. The van der Waals surface area contributed by atoms with E-state index in [1.807, 2.05) is 6.92 Å². The maximum absolute atomic E-state index is 13.6. The highest BCUT2D eigenvalue weighted by Gasteiger charge is 2.42. The van der Waals surface area contributed by atoms with Crippen molar-refractivity contribution in [1.82, 2.24) is 0 Å². The van der Waals surface area contributed by atoms with Crippen molar-refractivity contribution in [1.29, 1.82) is 0 Å². The van der Waals surface area contributed by atoms with Crippen LogP contribution in [0.3, 0.4) is 0 Å². The summed E-state index contributed by atoms with van der Waals surface area (Å²) >= 11 is 5.90. The van der Waals surface area contributed by atoms with Crippen LogP contribution in [0.4, 0.5) is 14.9 Å². The first kappa shape index (κ1) is 14.9. The van der Waals surface area contributed by atoms with E-state index in [9.17, 15) is 9.18 Å². The molecule has 0 bridgehead atoms. The number of hydrogen-bond acceptors (Lipinski definition) is 2. The van der Waals surface area contributed by atoms with Gasteiger partial charge in [0.05, 0.1) is 0 Å². The van der Waals surface area contributed by atoms with Gasteiger partial charge in [0.15, 0.2) is 0 Å². The number of hydrogen-bond donors (Lipinski definition) is 0. The molecule has 5 heteroatoms. The normalized spacial score (nSPS) is 21.0. The van der Waals surface area contributed by atoms with Crippen molar-refractivity contribution in [3.05, 3.63) is 64.9 Å². The lowest BCUT2D eigenvalue weighted by Gasteiger charge is -2.24. The fourth-order valence-electron chi connectivity index (χ4n) is 2.76. The smallest absolute Gasteiger partial charge is 0.415 e. The molecule has 0 spiro atoms. The molecule has 1 fully saturated rings. The van der Waals surface area contributed by atoms with E-state index >= 15 is 0 Å². The molecule has 2 aromatic rings. The highest BCUT2D eigenvalue weighted by molar-refractivity contribution is 6.30. The van der Waals surface area contributed by atoms with Gasteiger partial charge in [-0.05, 0) is 48.4 Å². The Balaban J connectivity index is 2.05. The van der Waals surface area contributed by atoms with Gasteiger partial charge >= 0.3 is 6.09 Å². The SMILES string of the molecule is CC[C@@H]1OC(=O)N(c2ccc(Cl)cc2)[C@H]1c1cccc(F)c1. The number of halogens is 2. The summed E-state index contributed by atoms with van der Waals surface area (Å²) in [5.74, 6) is -0.331. The molecule has 2 aromatic carbocycles. The van der Waals surface area contributed by atoms with Crippen LogP contribution in [-0.2, 0) is 4.74 Å². The fraction of sp³-hybridized carbons (Fsp3) is 0.235. The van der Waals surface area contributed by atoms with E-state index in [2.05, 4.69) is 0 Å². The molecule has 0 saturated carbocycles. The van der Waals surface area contributed by atoms with Gasteiger partial charge < -0.3 is 4.74 Å². The standard InChI is InChI=1S/C17H15ClFNO2/c1-2-15-16(11-4-3-5-13(19)10-11)20(17(21)22-15)14-8-6-12(18)7-9-14/h3-10,15-16H,2H2,1H3/t15-,16-/m0/s1. The Morgan fingerprint density at radius 2 is 1.95 bits per heavy atom. The maximum Gasteiger partial charge on any atom is 0.415 e. The lowest BCUT2D eigenvalue weighted by Crippen LogP contribution is -2.29. The molecule has 0 radical (unpaired) electrons. The van der Waals surface area contributed by atoms with Crippen LogP contribution in [0.25, 0.3) is 0 Å². The van der Waals surface area contributed by atoms with Crippen LogP contribution >= 0.6 is 11.6 Å². The van der Waals surface area contributed by atoms with Gasteiger partial charge in [0.25, 0.3) is 0 Å². The number of carbonyl (C=O) groups is 1. The minimum Gasteiger partial charge on any atom is -0.443 e. The van der Waals surface area contributed by atoms with Crippen molar-refractivity contribution in [2.45, 2.75) is 25.5 Å². The number of carbonyl (C=O) groups excluding carboxylic acids is 1. The monoisotopic (exact) mass is 319 g/mol. The molecule has 1 heterocycles. The molecule has 0 aromatic heterocycles. The van der Waals surface area contributed by atoms with Crippen LogP contribution in [-0.4, -0.2) is 12.2 Å². The molecular weight excluding hydrogens is 305 g/mol. The van der Waals surface area contributed by atoms with Crippen molar-refractivity contribution in [3.8, 4) is 0 Å². The molecular formula is C17H15ClFNO2. The summed E-state index contributed by atoms with van der Waals surface area (Å²) in [7, 11) is 0. The molecule has 0 unspecified atom stereocenters. The fourth-order valence-corrected chi connectivity index (χ4v) is 2.89. The van der Waals surface area contributed by atoms with Gasteiger partial charge in [-0.3, -0.25) is 4.90 Å². The first-order valence-electron chi connectivity index (χ1n) is 7.11. The zero-order valence-electron chi connectivity index (χ0n) is 12.0. The first-order valence-corrected chi connectivity index (χ1v) is 7.49. The number of benzene rings is 2.